The fourth-order valence-corrected chi connectivity index (χ4v) is 1.69. The first-order valence-electron chi connectivity index (χ1n) is 5.08. The molecule has 0 saturated carbocycles. The molecule has 0 aliphatic carbocycles. The van der Waals surface area contributed by atoms with Gasteiger partial charge < -0.3 is 9.67 Å². The quantitative estimate of drug-likeness (QED) is 0.879. The highest BCUT2D eigenvalue weighted by atomic mass is 19.1. The van der Waals surface area contributed by atoms with Crippen molar-refractivity contribution in [2.45, 2.75) is 13.0 Å². The second kappa shape index (κ2) is 4.37. The first kappa shape index (κ1) is 11.3. The summed E-state index contributed by atoms with van der Waals surface area (Å²) in [7, 11) is 0. The molecule has 5 heteroatoms. The Morgan fingerprint density at radius 1 is 1.35 bits per heavy atom. The minimum Gasteiger partial charge on any atom is -0.481 e. The Bertz CT molecular complexity index is 633. The van der Waals surface area contributed by atoms with Gasteiger partial charge in [-0.25, -0.2) is 4.39 Å². The average molecular weight is 235 g/mol. The van der Waals surface area contributed by atoms with E-state index in [1.165, 1.54) is 30.5 Å². The maximum atomic E-state index is 13.1. The molecular weight excluding hydrogens is 225 g/mol. The fourth-order valence-electron chi connectivity index (χ4n) is 1.69. The van der Waals surface area contributed by atoms with E-state index in [0.29, 0.717) is 10.9 Å². The Labute approximate surface area is 95.9 Å². The van der Waals surface area contributed by atoms with Gasteiger partial charge >= 0.3 is 5.97 Å². The number of aliphatic carboxylic acids is 1. The van der Waals surface area contributed by atoms with Crippen molar-refractivity contribution in [3.8, 4) is 0 Å². The summed E-state index contributed by atoms with van der Waals surface area (Å²) < 4.78 is 14.7. The molecule has 0 saturated heterocycles. The van der Waals surface area contributed by atoms with Crippen molar-refractivity contribution in [2.24, 2.45) is 0 Å². The highest BCUT2D eigenvalue weighted by Gasteiger charge is 2.05. The molecule has 1 N–H and O–H groups in total. The number of hydrogen-bond acceptors (Lipinski definition) is 2. The second-order valence-electron chi connectivity index (χ2n) is 3.68. The van der Waals surface area contributed by atoms with Gasteiger partial charge in [0.2, 0.25) is 0 Å². The summed E-state index contributed by atoms with van der Waals surface area (Å²) in [6, 6.07) is 5.20. The van der Waals surface area contributed by atoms with Crippen LogP contribution in [0.15, 0.2) is 35.3 Å². The summed E-state index contributed by atoms with van der Waals surface area (Å²) in [6.07, 6.45) is 1.40. The normalized spacial score (nSPS) is 10.6. The van der Waals surface area contributed by atoms with Gasteiger partial charge in [-0.15, -0.1) is 0 Å². The molecular formula is C12H10FNO3. The highest BCUT2D eigenvalue weighted by molar-refractivity contribution is 5.79. The zero-order valence-corrected chi connectivity index (χ0v) is 8.89. The third kappa shape index (κ3) is 2.33. The Morgan fingerprint density at radius 2 is 2.12 bits per heavy atom. The number of halogens is 1. The molecule has 0 unspecified atom stereocenters. The SMILES string of the molecule is O=C(O)CCn1ccc(=O)c2ccc(F)cc21. The van der Waals surface area contributed by atoms with Crippen LogP contribution in [0.3, 0.4) is 0 Å². The molecule has 0 radical (unpaired) electrons. The van der Waals surface area contributed by atoms with E-state index in [-0.39, 0.29) is 18.4 Å². The molecule has 2 rings (SSSR count). The Hall–Kier alpha value is -2.17. The summed E-state index contributed by atoms with van der Waals surface area (Å²) in [4.78, 5) is 22.0. The van der Waals surface area contributed by atoms with Crippen molar-refractivity contribution < 1.29 is 14.3 Å². The molecule has 17 heavy (non-hydrogen) atoms. The zero-order chi connectivity index (χ0) is 12.4. The van der Waals surface area contributed by atoms with Crippen LogP contribution in [0.25, 0.3) is 10.9 Å². The van der Waals surface area contributed by atoms with Gasteiger partial charge in [-0.3, -0.25) is 9.59 Å². The smallest absolute Gasteiger partial charge is 0.305 e. The lowest BCUT2D eigenvalue weighted by Gasteiger charge is -2.09. The standard InChI is InChI=1S/C12H10FNO3/c13-8-1-2-9-10(7-8)14(5-3-11(9)15)6-4-12(16)17/h1-3,5,7H,4,6H2,(H,16,17). The van der Waals surface area contributed by atoms with Gasteiger partial charge in [0, 0.05) is 24.2 Å². The lowest BCUT2D eigenvalue weighted by Crippen LogP contribution is -2.10. The molecule has 2 aromatic rings. The predicted molar refractivity (Wildman–Crippen MR) is 60.4 cm³/mol. The molecule has 88 valence electrons. The van der Waals surface area contributed by atoms with Gasteiger partial charge in [0.05, 0.1) is 11.9 Å². The number of aryl methyl sites for hydroxylation is 1. The number of carboxylic acid groups (broad SMARTS) is 1. The number of pyridine rings is 1. The third-order valence-electron chi connectivity index (χ3n) is 2.51. The molecule has 0 fully saturated rings. The van der Waals surface area contributed by atoms with E-state index in [1.807, 2.05) is 0 Å². The van der Waals surface area contributed by atoms with Crippen molar-refractivity contribution in [1.29, 1.82) is 0 Å². The van der Waals surface area contributed by atoms with Gasteiger partial charge in [0.1, 0.15) is 5.82 Å². The average Bonchev–Trinajstić information content (AvgIpc) is 2.28. The van der Waals surface area contributed by atoms with Crippen molar-refractivity contribution in [3.05, 3.63) is 46.5 Å². The Kier molecular flexibility index (Phi) is 2.91. The summed E-state index contributed by atoms with van der Waals surface area (Å²) in [5, 5.41) is 9.00. The van der Waals surface area contributed by atoms with Crippen LogP contribution < -0.4 is 5.43 Å². The first-order valence-corrected chi connectivity index (χ1v) is 5.08. The molecule has 1 aromatic carbocycles. The van der Waals surface area contributed by atoms with Crippen LogP contribution in [0, 0.1) is 5.82 Å². The van der Waals surface area contributed by atoms with E-state index in [2.05, 4.69) is 0 Å². The Balaban J connectivity index is 2.56. The molecule has 4 nitrogen and oxygen atoms in total. The number of aromatic nitrogens is 1. The van der Waals surface area contributed by atoms with Crippen LogP contribution in [-0.2, 0) is 11.3 Å². The number of nitrogens with zero attached hydrogens (tertiary/aromatic N) is 1. The van der Waals surface area contributed by atoms with Crippen LogP contribution in [0.1, 0.15) is 6.42 Å². The van der Waals surface area contributed by atoms with Crippen LogP contribution >= 0.6 is 0 Å². The monoisotopic (exact) mass is 235 g/mol. The predicted octanol–water partition coefficient (Wildman–Crippen LogP) is 1.62. The number of fused-ring (bicyclic) bond motifs is 1. The molecule has 0 aliphatic heterocycles. The molecule has 1 heterocycles. The van der Waals surface area contributed by atoms with E-state index in [0.717, 1.165) is 0 Å². The largest absolute Gasteiger partial charge is 0.481 e. The van der Waals surface area contributed by atoms with Crippen molar-refractivity contribution in [3.63, 3.8) is 0 Å². The first-order chi connectivity index (χ1) is 8.08. The van der Waals surface area contributed by atoms with Gasteiger partial charge in [0.25, 0.3) is 0 Å². The van der Waals surface area contributed by atoms with Crippen LogP contribution in [0.2, 0.25) is 0 Å². The molecule has 0 amide bonds. The van der Waals surface area contributed by atoms with E-state index < -0.39 is 11.8 Å². The number of hydrogen-bond donors (Lipinski definition) is 1. The van der Waals surface area contributed by atoms with Crippen molar-refractivity contribution >= 4 is 16.9 Å². The number of carboxylic acids is 1. The van der Waals surface area contributed by atoms with E-state index in [4.69, 9.17) is 5.11 Å². The summed E-state index contributed by atoms with van der Waals surface area (Å²) in [6.45, 7) is 0.204. The van der Waals surface area contributed by atoms with Crippen molar-refractivity contribution in [2.75, 3.05) is 0 Å². The van der Waals surface area contributed by atoms with Crippen LogP contribution in [0.4, 0.5) is 4.39 Å². The number of carbonyl (C=O) groups is 1. The fraction of sp³-hybridized carbons (Fsp3) is 0.167. The number of rotatable bonds is 3. The topological polar surface area (TPSA) is 59.3 Å². The van der Waals surface area contributed by atoms with E-state index in [9.17, 15) is 14.0 Å². The van der Waals surface area contributed by atoms with Gasteiger partial charge in [-0.2, -0.15) is 0 Å². The van der Waals surface area contributed by atoms with Crippen LogP contribution in [0.5, 0.6) is 0 Å². The zero-order valence-electron chi connectivity index (χ0n) is 8.89. The minimum atomic E-state index is -0.937. The van der Waals surface area contributed by atoms with Crippen molar-refractivity contribution in [1.82, 2.24) is 4.57 Å². The maximum Gasteiger partial charge on any atom is 0.305 e. The third-order valence-corrected chi connectivity index (χ3v) is 2.51. The molecule has 1 aromatic heterocycles. The molecule has 0 bridgehead atoms. The number of benzene rings is 1. The molecule has 0 atom stereocenters. The highest BCUT2D eigenvalue weighted by Crippen LogP contribution is 2.12. The minimum absolute atomic E-state index is 0.0749. The Morgan fingerprint density at radius 3 is 2.82 bits per heavy atom. The molecule has 0 aliphatic rings. The molecule has 0 spiro atoms. The maximum absolute atomic E-state index is 13.1. The summed E-state index contributed by atoms with van der Waals surface area (Å²) in [5.41, 5.74) is 0.213. The van der Waals surface area contributed by atoms with Gasteiger partial charge in [-0.1, -0.05) is 0 Å². The summed E-state index contributed by atoms with van der Waals surface area (Å²) in [5.74, 6) is -1.39. The lowest BCUT2D eigenvalue weighted by atomic mass is 10.2. The van der Waals surface area contributed by atoms with E-state index >= 15 is 0 Å². The van der Waals surface area contributed by atoms with Gasteiger partial charge in [-0.05, 0) is 18.2 Å². The van der Waals surface area contributed by atoms with E-state index in [1.54, 1.807) is 4.57 Å². The van der Waals surface area contributed by atoms with Gasteiger partial charge in [0.15, 0.2) is 5.43 Å². The van der Waals surface area contributed by atoms with Crippen LogP contribution in [-0.4, -0.2) is 15.6 Å². The second-order valence-corrected chi connectivity index (χ2v) is 3.68. The lowest BCUT2D eigenvalue weighted by molar-refractivity contribution is -0.137. The summed E-state index contributed by atoms with van der Waals surface area (Å²) >= 11 is 0.